The summed E-state index contributed by atoms with van der Waals surface area (Å²) in [6.45, 7) is 1.36. The first-order valence-electron chi connectivity index (χ1n) is 8.24. The highest BCUT2D eigenvalue weighted by atomic mass is 35.5. The lowest BCUT2D eigenvalue weighted by Gasteiger charge is -2.12. The van der Waals surface area contributed by atoms with Gasteiger partial charge in [-0.2, -0.15) is 0 Å². The molecule has 27 heavy (non-hydrogen) atoms. The zero-order valence-corrected chi connectivity index (χ0v) is 17.2. The fourth-order valence-corrected chi connectivity index (χ4v) is 3.93. The van der Waals surface area contributed by atoms with Crippen LogP contribution in [0.1, 0.15) is 0 Å². The van der Waals surface area contributed by atoms with Crippen molar-refractivity contribution in [2.75, 3.05) is 32.4 Å². The quantitative estimate of drug-likeness (QED) is 0.245. The van der Waals surface area contributed by atoms with Crippen molar-refractivity contribution in [3.8, 4) is 0 Å². The molecule has 0 saturated heterocycles. The van der Waals surface area contributed by atoms with E-state index in [0.717, 1.165) is 15.7 Å². The number of hydrogen-bond acceptors (Lipinski definition) is 5. The summed E-state index contributed by atoms with van der Waals surface area (Å²) < 4.78 is 26.7. The van der Waals surface area contributed by atoms with E-state index in [0.29, 0.717) is 19.0 Å². The monoisotopic (exact) mass is 427 g/mol. The van der Waals surface area contributed by atoms with E-state index in [2.05, 4.69) is 25.3 Å². The molecule has 2 aromatic rings. The zero-order valence-electron chi connectivity index (χ0n) is 14.9. The molecule has 0 bridgehead atoms. The summed E-state index contributed by atoms with van der Waals surface area (Å²) in [6, 6.07) is 10.8. The Hall–Kier alpha value is -1.81. The highest BCUT2D eigenvalue weighted by molar-refractivity contribution is 7.99. The molecule has 0 unspecified atom stereocenters. The van der Waals surface area contributed by atoms with Gasteiger partial charge in [0.25, 0.3) is 0 Å². The molecule has 7 nitrogen and oxygen atoms in total. The minimum atomic E-state index is -3.55. The van der Waals surface area contributed by atoms with Crippen LogP contribution in [0.3, 0.4) is 0 Å². The molecule has 0 aliphatic heterocycles. The van der Waals surface area contributed by atoms with Crippen LogP contribution in [0, 0.1) is 0 Å². The number of pyridine rings is 1. The fraction of sp³-hybridized carbons (Fsp3) is 0.294. The Morgan fingerprint density at radius 1 is 1.15 bits per heavy atom. The minimum Gasteiger partial charge on any atom is -0.356 e. The number of rotatable bonds is 9. The third-order valence-corrected chi connectivity index (χ3v) is 6.07. The van der Waals surface area contributed by atoms with Gasteiger partial charge in [0.05, 0.1) is 0 Å². The molecule has 1 aromatic heterocycles. The predicted octanol–water partition coefficient (Wildman–Crippen LogP) is 1.97. The zero-order chi connectivity index (χ0) is 19.5. The van der Waals surface area contributed by atoms with Crippen LogP contribution in [0.5, 0.6) is 0 Å². The van der Waals surface area contributed by atoms with Crippen molar-refractivity contribution in [1.29, 1.82) is 0 Å². The molecule has 0 aliphatic carbocycles. The first-order valence-corrected chi connectivity index (χ1v) is 11.1. The Morgan fingerprint density at radius 2 is 1.89 bits per heavy atom. The fourth-order valence-electron chi connectivity index (χ4n) is 2.05. The van der Waals surface area contributed by atoms with Gasteiger partial charge in [0.15, 0.2) is 5.96 Å². The number of benzene rings is 1. The summed E-state index contributed by atoms with van der Waals surface area (Å²) in [4.78, 5) is 9.23. The second kappa shape index (κ2) is 11.1. The van der Waals surface area contributed by atoms with Crippen molar-refractivity contribution in [3.63, 3.8) is 0 Å². The molecule has 0 aliphatic rings. The van der Waals surface area contributed by atoms with Crippen molar-refractivity contribution in [2.24, 2.45) is 4.99 Å². The summed E-state index contributed by atoms with van der Waals surface area (Å²) in [5.41, 5.74) is 0. The van der Waals surface area contributed by atoms with Gasteiger partial charge >= 0.3 is 0 Å². The Labute approximate surface area is 169 Å². The maximum Gasteiger partial charge on any atom is 0.242 e. The molecule has 146 valence electrons. The first-order chi connectivity index (χ1) is 13.0. The first kappa shape index (κ1) is 21.5. The predicted molar refractivity (Wildman–Crippen MR) is 111 cm³/mol. The number of sulfonamides is 1. The Morgan fingerprint density at radius 3 is 2.56 bits per heavy atom. The van der Waals surface area contributed by atoms with E-state index in [1.54, 1.807) is 24.9 Å². The topological polar surface area (TPSA) is 95.5 Å². The van der Waals surface area contributed by atoms with Gasteiger partial charge in [-0.05, 0) is 36.4 Å². The summed E-state index contributed by atoms with van der Waals surface area (Å²) in [7, 11) is -1.88. The van der Waals surface area contributed by atoms with Gasteiger partial charge in [-0.1, -0.05) is 11.6 Å². The molecule has 0 fully saturated rings. The molecule has 2 rings (SSSR count). The molecule has 1 aromatic carbocycles. The van der Waals surface area contributed by atoms with Gasteiger partial charge in [-0.25, -0.2) is 13.1 Å². The maximum atomic E-state index is 12.1. The number of guanidine groups is 1. The molecule has 0 radical (unpaired) electrons. The minimum absolute atomic E-state index is 0.145. The summed E-state index contributed by atoms with van der Waals surface area (Å²) in [5, 5.41) is 6.98. The van der Waals surface area contributed by atoms with E-state index in [-0.39, 0.29) is 11.4 Å². The summed E-state index contributed by atoms with van der Waals surface area (Å²) in [6.07, 6.45) is 2.84. The number of aliphatic imine (C=N–C) groups is 1. The Kier molecular flexibility index (Phi) is 8.86. The standard InChI is InChI=1S/C17H22ClN5O2S2/c1-19-17(22-11-12-26-15-6-4-14(18)5-7-15)21-9-10-23-27(24,25)16-3-2-8-20-13-16/h2-8,13,23H,9-12H2,1H3,(H2,19,21,22). The lowest BCUT2D eigenvalue weighted by atomic mass is 10.4. The van der Waals surface area contributed by atoms with E-state index in [4.69, 9.17) is 11.6 Å². The van der Waals surface area contributed by atoms with E-state index in [9.17, 15) is 8.42 Å². The number of nitrogens with one attached hydrogen (secondary N) is 3. The third kappa shape index (κ3) is 7.76. The van der Waals surface area contributed by atoms with Crippen molar-refractivity contribution in [3.05, 3.63) is 53.8 Å². The normalized spacial score (nSPS) is 12.0. The average Bonchev–Trinajstić information content (AvgIpc) is 2.69. The van der Waals surface area contributed by atoms with Crippen LogP contribution >= 0.6 is 23.4 Å². The van der Waals surface area contributed by atoms with Crippen LogP contribution in [-0.4, -0.2) is 51.8 Å². The van der Waals surface area contributed by atoms with Crippen molar-refractivity contribution >= 4 is 39.3 Å². The van der Waals surface area contributed by atoms with Crippen LogP contribution in [0.15, 0.2) is 63.6 Å². The molecule has 0 amide bonds. The van der Waals surface area contributed by atoms with Crippen LogP contribution in [-0.2, 0) is 10.0 Å². The number of aromatic nitrogens is 1. The van der Waals surface area contributed by atoms with E-state index in [1.165, 1.54) is 18.5 Å². The molecule has 0 saturated carbocycles. The SMILES string of the molecule is CN=C(NCCNS(=O)(=O)c1cccnc1)NCCSc1ccc(Cl)cc1. The Balaban J connectivity index is 1.64. The molecular formula is C17H22ClN5O2S2. The number of hydrogen-bond donors (Lipinski definition) is 3. The third-order valence-electron chi connectivity index (χ3n) is 3.35. The molecule has 10 heteroatoms. The second-order valence-electron chi connectivity index (χ2n) is 5.31. The average molecular weight is 428 g/mol. The van der Waals surface area contributed by atoms with Gasteiger partial charge in [0.1, 0.15) is 4.90 Å². The van der Waals surface area contributed by atoms with Crippen LogP contribution in [0.2, 0.25) is 5.02 Å². The van der Waals surface area contributed by atoms with E-state index in [1.807, 2.05) is 24.3 Å². The van der Waals surface area contributed by atoms with Crippen LogP contribution < -0.4 is 15.4 Å². The number of nitrogens with zero attached hydrogens (tertiary/aromatic N) is 2. The summed E-state index contributed by atoms with van der Waals surface area (Å²) in [5.74, 6) is 1.47. The maximum absolute atomic E-state index is 12.1. The number of thioether (sulfide) groups is 1. The Bertz CT molecular complexity index is 830. The van der Waals surface area contributed by atoms with Gasteiger partial charge in [-0.3, -0.25) is 9.98 Å². The molecule has 0 spiro atoms. The van der Waals surface area contributed by atoms with Crippen molar-refractivity contribution in [2.45, 2.75) is 9.79 Å². The summed E-state index contributed by atoms with van der Waals surface area (Å²) >= 11 is 7.57. The van der Waals surface area contributed by atoms with E-state index < -0.39 is 10.0 Å². The van der Waals surface area contributed by atoms with Gasteiger partial charge in [-0.15, -0.1) is 11.8 Å². The van der Waals surface area contributed by atoms with Crippen molar-refractivity contribution in [1.82, 2.24) is 20.3 Å². The van der Waals surface area contributed by atoms with Crippen LogP contribution in [0.25, 0.3) is 0 Å². The highest BCUT2D eigenvalue weighted by Crippen LogP contribution is 2.19. The van der Waals surface area contributed by atoms with Gasteiger partial charge in [0, 0.05) is 54.7 Å². The van der Waals surface area contributed by atoms with Gasteiger partial charge in [0.2, 0.25) is 10.0 Å². The molecular weight excluding hydrogens is 406 g/mol. The smallest absolute Gasteiger partial charge is 0.242 e. The lowest BCUT2D eigenvalue weighted by molar-refractivity contribution is 0.580. The largest absolute Gasteiger partial charge is 0.356 e. The molecule has 3 N–H and O–H groups in total. The van der Waals surface area contributed by atoms with E-state index >= 15 is 0 Å². The second-order valence-corrected chi connectivity index (χ2v) is 8.69. The van der Waals surface area contributed by atoms with Gasteiger partial charge < -0.3 is 10.6 Å². The molecule has 0 atom stereocenters. The van der Waals surface area contributed by atoms with Crippen molar-refractivity contribution < 1.29 is 8.42 Å². The molecule has 1 heterocycles. The van der Waals surface area contributed by atoms with Crippen LogP contribution in [0.4, 0.5) is 0 Å². The highest BCUT2D eigenvalue weighted by Gasteiger charge is 2.12. The lowest BCUT2D eigenvalue weighted by Crippen LogP contribution is -2.42. The number of halogens is 1.